The van der Waals surface area contributed by atoms with E-state index in [0.29, 0.717) is 28.5 Å². The van der Waals surface area contributed by atoms with Gasteiger partial charge in [-0.2, -0.15) is 26.3 Å². The number of aromatic nitrogens is 3. The minimum Gasteiger partial charge on any atom is -0.481 e. The summed E-state index contributed by atoms with van der Waals surface area (Å²) in [4.78, 5) is 52.0. The van der Waals surface area contributed by atoms with Gasteiger partial charge in [0.05, 0.1) is 19.3 Å². The Hall–Kier alpha value is -5.80. The maximum absolute atomic E-state index is 13.9. The number of hydrogen-bond acceptors (Lipinski definition) is 11. The zero-order valence-electron chi connectivity index (χ0n) is 35.2. The van der Waals surface area contributed by atoms with Gasteiger partial charge in [-0.05, 0) is 75.2 Å². The Morgan fingerprint density at radius 3 is 1.97 bits per heavy atom. The molecule has 2 aliphatic heterocycles. The van der Waals surface area contributed by atoms with Gasteiger partial charge in [0.25, 0.3) is 0 Å². The van der Waals surface area contributed by atoms with Gasteiger partial charge in [-0.15, -0.1) is 0 Å². The Bertz CT molecular complexity index is 2150. The zero-order valence-corrected chi connectivity index (χ0v) is 35.2. The maximum atomic E-state index is 13.9. The third kappa shape index (κ3) is 14.4. The zero-order chi connectivity index (χ0) is 46.1. The molecule has 1 aromatic carbocycles. The number of nitrogens with zero attached hydrogens (tertiary/aromatic N) is 6. The van der Waals surface area contributed by atoms with E-state index >= 15 is 0 Å². The Morgan fingerprint density at radius 2 is 1.41 bits per heavy atom. The van der Waals surface area contributed by atoms with E-state index in [9.17, 15) is 45.1 Å². The number of piperazine rings is 2. The summed E-state index contributed by atoms with van der Waals surface area (Å²) in [5.74, 6) is 0.504. The summed E-state index contributed by atoms with van der Waals surface area (Å²) in [5, 5.41) is 2.62. The highest BCUT2D eigenvalue weighted by atomic mass is 19.4. The number of nitrogens with one attached hydrogen (secondary N) is 2. The summed E-state index contributed by atoms with van der Waals surface area (Å²) >= 11 is 0. The van der Waals surface area contributed by atoms with E-state index in [0.717, 1.165) is 4.90 Å². The van der Waals surface area contributed by atoms with Crippen LogP contribution in [0.25, 0.3) is 0 Å². The van der Waals surface area contributed by atoms with Crippen molar-refractivity contribution in [1.29, 1.82) is 0 Å². The molecule has 3 aromatic heterocycles. The molecule has 6 rings (SSSR count). The summed E-state index contributed by atoms with van der Waals surface area (Å²) in [6, 6.07) is 10.2. The number of rotatable bonds is 10. The first-order chi connectivity index (χ1) is 29.6. The van der Waals surface area contributed by atoms with Gasteiger partial charge in [-0.25, -0.2) is 19.2 Å². The van der Waals surface area contributed by atoms with Crippen LogP contribution in [-0.4, -0.2) is 129 Å². The fraction of sp³-hybridized carbons (Fsp3) is 0.452. The Morgan fingerprint density at radius 1 is 0.794 bits per heavy atom. The second-order valence-corrected chi connectivity index (χ2v) is 15.8. The fourth-order valence-corrected chi connectivity index (χ4v) is 6.69. The van der Waals surface area contributed by atoms with Gasteiger partial charge in [0.2, 0.25) is 17.3 Å². The number of ether oxygens (including phenoxy) is 3. The second kappa shape index (κ2) is 20.6. The number of carbonyl (C=O) groups excluding carboxylic acids is 2. The molecule has 0 saturated carbocycles. The topological polar surface area (TPSA) is 145 Å². The van der Waals surface area contributed by atoms with Crippen LogP contribution in [0.15, 0.2) is 84.0 Å². The van der Waals surface area contributed by atoms with Crippen molar-refractivity contribution in [3.05, 3.63) is 107 Å². The monoisotopic (exact) mass is 894 g/mol. The van der Waals surface area contributed by atoms with Gasteiger partial charge < -0.3 is 29.4 Å². The van der Waals surface area contributed by atoms with E-state index in [4.69, 9.17) is 14.2 Å². The van der Waals surface area contributed by atoms with Crippen molar-refractivity contribution in [1.82, 2.24) is 34.6 Å². The number of carbonyl (C=O) groups is 2. The number of halogens is 7. The molecule has 21 heteroatoms. The molecule has 2 saturated heterocycles. The predicted molar refractivity (Wildman–Crippen MR) is 217 cm³/mol. The number of amides is 2. The summed E-state index contributed by atoms with van der Waals surface area (Å²) in [7, 11) is 1.47. The quantitative estimate of drug-likeness (QED) is 0.161. The van der Waals surface area contributed by atoms with Crippen LogP contribution in [0.2, 0.25) is 0 Å². The van der Waals surface area contributed by atoms with Gasteiger partial charge in [-0.1, -0.05) is 12.1 Å². The van der Waals surface area contributed by atoms with E-state index in [1.165, 1.54) is 82.9 Å². The van der Waals surface area contributed by atoms with Gasteiger partial charge in [0.15, 0.2) is 0 Å². The minimum atomic E-state index is -4.50. The highest BCUT2D eigenvalue weighted by Crippen LogP contribution is 2.32. The molecule has 0 bridgehead atoms. The molecule has 342 valence electrons. The number of pyridine rings is 3. The molecule has 2 aliphatic rings. The highest BCUT2D eigenvalue weighted by molar-refractivity contribution is 5.93. The first kappa shape index (κ1) is 48.2. The predicted octanol–water partition coefficient (Wildman–Crippen LogP) is 6.85. The minimum absolute atomic E-state index is 0.0195. The Labute approximate surface area is 358 Å². The normalized spacial score (nSPS) is 18.4. The van der Waals surface area contributed by atoms with Gasteiger partial charge >= 0.3 is 18.4 Å². The number of alkyl halides is 6. The van der Waals surface area contributed by atoms with E-state index in [-0.39, 0.29) is 57.2 Å². The molecule has 3 atom stereocenters. The van der Waals surface area contributed by atoms with Crippen LogP contribution >= 0.6 is 0 Å². The van der Waals surface area contributed by atoms with Crippen molar-refractivity contribution < 1.29 is 54.5 Å². The van der Waals surface area contributed by atoms with Crippen LogP contribution in [0.3, 0.4) is 0 Å². The maximum Gasteiger partial charge on any atom is 0.410 e. The number of anilines is 1. The molecule has 2 amide bonds. The summed E-state index contributed by atoms with van der Waals surface area (Å²) in [6.45, 7) is 6.47. The third-order valence-electron chi connectivity index (χ3n) is 10.0. The smallest absolute Gasteiger partial charge is 0.410 e. The number of H-pyrrole nitrogens is 1. The SMILES string of the molecule is CC(C(=O)Nc1ccc(Oc2ccc(F)cc2)cn1)N1CCN(Cc2ccc(=O)[nH]c2)[C@H](C(F)(F)F)C1.COc1ccc(CN2CCN(C(=O)OC(C)(C)C)C[C@H]2C(F)(F)F)cn1. The summed E-state index contributed by atoms with van der Waals surface area (Å²) < 4.78 is 111. The first-order valence-corrected chi connectivity index (χ1v) is 19.8. The molecule has 2 fully saturated rings. The molecule has 4 aromatic rings. The van der Waals surface area contributed by atoms with Gasteiger partial charge in [0, 0.05) is 76.9 Å². The van der Waals surface area contributed by atoms with E-state index < -0.39 is 60.4 Å². The molecular weight excluding hydrogens is 845 g/mol. The number of hydrogen-bond donors (Lipinski definition) is 2. The van der Waals surface area contributed by atoms with E-state index in [2.05, 4.69) is 20.3 Å². The van der Waals surface area contributed by atoms with E-state index in [1.54, 1.807) is 45.9 Å². The first-order valence-electron chi connectivity index (χ1n) is 19.8. The average molecular weight is 895 g/mol. The molecular formula is C42H49F7N8O6. The molecule has 2 N–H and O–H groups in total. The molecule has 63 heavy (non-hydrogen) atoms. The average Bonchev–Trinajstić information content (AvgIpc) is 3.22. The molecule has 1 unspecified atom stereocenters. The molecule has 0 spiro atoms. The summed E-state index contributed by atoms with van der Waals surface area (Å²) in [5.41, 5.74) is 0.124. The van der Waals surface area contributed by atoms with Crippen molar-refractivity contribution in [2.45, 2.75) is 76.9 Å². The van der Waals surface area contributed by atoms with Crippen molar-refractivity contribution in [3.8, 4) is 17.4 Å². The van der Waals surface area contributed by atoms with Crippen LogP contribution in [-0.2, 0) is 22.6 Å². The molecule has 5 heterocycles. The number of benzene rings is 1. The summed E-state index contributed by atoms with van der Waals surface area (Å²) in [6.07, 6.45) is -5.41. The molecule has 0 radical (unpaired) electrons. The van der Waals surface area contributed by atoms with Crippen LogP contribution < -0.4 is 20.3 Å². The lowest BCUT2D eigenvalue weighted by atomic mass is 10.1. The molecule has 0 aliphatic carbocycles. The Balaban J connectivity index is 0.000000253. The van der Waals surface area contributed by atoms with Crippen molar-refractivity contribution in [2.24, 2.45) is 0 Å². The van der Waals surface area contributed by atoms with E-state index in [1.807, 2.05) is 0 Å². The second-order valence-electron chi connectivity index (χ2n) is 15.8. The lowest BCUT2D eigenvalue weighted by molar-refractivity contribution is -0.201. The third-order valence-corrected chi connectivity index (χ3v) is 10.0. The van der Waals surface area contributed by atoms with Gasteiger partial charge in [0.1, 0.15) is 40.8 Å². The highest BCUT2D eigenvalue weighted by Gasteiger charge is 2.49. The lowest BCUT2D eigenvalue weighted by Gasteiger charge is -2.43. The Kier molecular flexibility index (Phi) is 15.8. The number of methoxy groups -OCH3 is 1. The van der Waals surface area contributed by atoms with Crippen molar-refractivity contribution in [3.63, 3.8) is 0 Å². The molecule has 14 nitrogen and oxygen atoms in total. The number of aromatic amines is 1. The standard InChI is InChI=1S/C25H25F4N5O3.C17H24F3N3O3/c1-16(24(36)32-22-8-7-20(13-30-22)37-19-5-3-18(26)4-6-19)33-10-11-34(21(15-33)25(27,28)29)14-17-2-9-23(35)31-12-17;1-16(2,3)26-15(24)23-8-7-22(13(11-23)17(18,19)20)10-12-5-6-14(25-4)21-9-12/h2-9,12-13,16,21H,10-11,14-15H2,1H3,(H,31,35)(H,30,32,36);5-6,9,13H,7-8,10-11H2,1-4H3/t16?,21-;13-/m00/s1. The van der Waals surface area contributed by atoms with Crippen molar-refractivity contribution in [2.75, 3.05) is 51.7 Å². The fourth-order valence-electron chi connectivity index (χ4n) is 6.69. The lowest BCUT2D eigenvalue weighted by Crippen LogP contribution is -2.61. The van der Waals surface area contributed by atoms with Crippen molar-refractivity contribution >= 4 is 17.8 Å². The van der Waals surface area contributed by atoms with Crippen LogP contribution in [0, 0.1) is 5.82 Å². The van der Waals surface area contributed by atoms with Gasteiger partial charge in [-0.3, -0.25) is 24.3 Å². The largest absolute Gasteiger partial charge is 0.481 e. The van der Waals surface area contributed by atoms with Crippen LogP contribution in [0.4, 0.5) is 41.3 Å². The van der Waals surface area contributed by atoms with Crippen LogP contribution in [0.5, 0.6) is 17.4 Å². The van der Waals surface area contributed by atoms with Crippen LogP contribution in [0.1, 0.15) is 38.8 Å².